The van der Waals surface area contributed by atoms with Crippen LogP contribution in [0.1, 0.15) is 52.9 Å². The second-order valence-corrected chi connectivity index (χ2v) is 4.72. The Balaban J connectivity index is 2.46. The van der Waals surface area contributed by atoms with E-state index < -0.39 is 0 Å². The van der Waals surface area contributed by atoms with Crippen LogP contribution in [0, 0.1) is 0 Å². The average Bonchev–Trinajstić information content (AvgIpc) is 2.34. The standard InChI is InChI=1S/C13H22ClN3O2/c1-4-6-7-8-9-10(3)19-13-16-11(14)15-12(17-13)18-5-2/h10H,4-9H2,1-3H3. The van der Waals surface area contributed by atoms with E-state index >= 15 is 0 Å². The van der Waals surface area contributed by atoms with Crippen molar-refractivity contribution in [3.63, 3.8) is 0 Å². The number of hydrogen-bond donors (Lipinski definition) is 0. The molecule has 0 saturated heterocycles. The minimum absolute atomic E-state index is 0.0600. The summed E-state index contributed by atoms with van der Waals surface area (Å²) < 4.78 is 10.8. The van der Waals surface area contributed by atoms with Crippen molar-refractivity contribution in [3.05, 3.63) is 5.28 Å². The van der Waals surface area contributed by atoms with Gasteiger partial charge in [0.05, 0.1) is 12.7 Å². The first-order valence-corrected chi connectivity index (χ1v) is 7.24. The van der Waals surface area contributed by atoms with Gasteiger partial charge in [0.2, 0.25) is 5.28 Å². The summed E-state index contributed by atoms with van der Waals surface area (Å²) in [5.74, 6) is 0. The van der Waals surface area contributed by atoms with E-state index in [-0.39, 0.29) is 23.4 Å². The molecule has 0 aliphatic heterocycles. The van der Waals surface area contributed by atoms with Gasteiger partial charge in [-0.25, -0.2) is 0 Å². The number of aromatic nitrogens is 3. The normalized spacial score (nSPS) is 12.2. The Bertz CT molecular complexity index is 377. The van der Waals surface area contributed by atoms with Gasteiger partial charge in [-0.1, -0.05) is 26.2 Å². The highest BCUT2D eigenvalue weighted by atomic mass is 35.5. The molecule has 0 bridgehead atoms. The largest absolute Gasteiger partial charge is 0.464 e. The number of ether oxygens (including phenoxy) is 2. The third kappa shape index (κ3) is 6.57. The molecule has 0 saturated carbocycles. The minimum atomic E-state index is 0.0600. The first kappa shape index (κ1) is 16.0. The van der Waals surface area contributed by atoms with Gasteiger partial charge in [0.1, 0.15) is 0 Å². The van der Waals surface area contributed by atoms with Gasteiger partial charge in [-0.2, -0.15) is 9.97 Å². The fourth-order valence-corrected chi connectivity index (χ4v) is 1.80. The second kappa shape index (κ2) is 8.91. The zero-order valence-electron chi connectivity index (χ0n) is 11.9. The van der Waals surface area contributed by atoms with E-state index in [2.05, 4.69) is 21.9 Å². The molecule has 0 amide bonds. The maximum Gasteiger partial charge on any atom is 0.324 e. The van der Waals surface area contributed by atoms with E-state index in [1.165, 1.54) is 19.3 Å². The van der Waals surface area contributed by atoms with Crippen molar-refractivity contribution in [2.45, 2.75) is 59.0 Å². The molecule has 6 heteroatoms. The van der Waals surface area contributed by atoms with Crippen molar-refractivity contribution in [1.29, 1.82) is 0 Å². The third-order valence-corrected chi connectivity index (χ3v) is 2.78. The molecule has 1 atom stereocenters. The Morgan fingerprint density at radius 2 is 1.79 bits per heavy atom. The third-order valence-electron chi connectivity index (χ3n) is 2.61. The summed E-state index contributed by atoms with van der Waals surface area (Å²) >= 11 is 5.79. The van der Waals surface area contributed by atoms with Crippen LogP contribution in [0.25, 0.3) is 0 Å². The Labute approximate surface area is 119 Å². The number of halogens is 1. The van der Waals surface area contributed by atoms with Crippen LogP contribution < -0.4 is 9.47 Å². The van der Waals surface area contributed by atoms with E-state index in [0.29, 0.717) is 6.61 Å². The Kier molecular flexibility index (Phi) is 7.48. The molecule has 0 fully saturated rings. The quantitative estimate of drug-likeness (QED) is 0.649. The summed E-state index contributed by atoms with van der Waals surface area (Å²) in [7, 11) is 0. The molecule has 1 heterocycles. The van der Waals surface area contributed by atoms with Crippen LogP contribution >= 0.6 is 11.6 Å². The lowest BCUT2D eigenvalue weighted by molar-refractivity contribution is 0.184. The Hall–Kier alpha value is -1.10. The highest BCUT2D eigenvalue weighted by Crippen LogP contribution is 2.16. The van der Waals surface area contributed by atoms with Crippen LogP contribution in [0.3, 0.4) is 0 Å². The van der Waals surface area contributed by atoms with Gasteiger partial charge < -0.3 is 9.47 Å². The maximum absolute atomic E-state index is 5.79. The van der Waals surface area contributed by atoms with Crippen molar-refractivity contribution in [3.8, 4) is 12.0 Å². The van der Waals surface area contributed by atoms with Gasteiger partial charge in [-0.05, 0) is 38.3 Å². The van der Waals surface area contributed by atoms with Crippen molar-refractivity contribution in [2.75, 3.05) is 6.61 Å². The van der Waals surface area contributed by atoms with Crippen molar-refractivity contribution in [1.82, 2.24) is 15.0 Å². The number of nitrogens with zero attached hydrogens (tertiary/aromatic N) is 3. The van der Waals surface area contributed by atoms with Crippen molar-refractivity contribution in [2.24, 2.45) is 0 Å². The van der Waals surface area contributed by atoms with Gasteiger partial charge in [-0.15, -0.1) is 4.98 Å². The SMILES string of the molecule is CCCCCCC(C)Oc1nc(Cl)nc(OCC)n1. The van der Waals surface area contributed by atoms with Gasteiger partial charge in [-0.3, -0.25) is 0 Å². The molecule has 108 valence electrons. The molecule has 5 nitrogen and oxygen atoms in total. The van der Waals surface area contributed by atoms with Gasteiger partial charge >= 0.3 is 12.0 Å². The average molecular weight is 288 g/mol. The van der Waals surface area contributed by atoms with Gasteiger partial charge in [0.15, 0.2) is 0 Å². The monoisotopic (exact) mass is 287 g/mol. The smallest absolute Gasteiger partial charge is 0.324 e. The number of hydrogen-bond acceptors (Lipinski definition) is 5. The molecule has 0 aliphatic carbocycles. The topological polar surface area (TPSA) is 57.1 Å². The van der Waals surface area contributed by atoms with Crippen LogP contribution in [0.5, 0.6) is 12.0 Å². The molecule has 0 aromatic carbocycles. The van der Waals surface area contributed by atoms with Gasteiger partial charge in [0.25, 0.3) is 0 Å². The lowest BCUT2D eigenvalue weighted by Crippen LogP contribution is -2.14. The van der Waals surface area contributed by atoms with Gasteiger partial charge in [0, 0.05) is 0 Å². The number of unbranched alkanes of at least 4 members (excludes halogenated alkanes) is 3. The van der Waals surface area contributed by atoms with E-state index in [1.807, 2.05) is 13.8 Å². The predicted octanol–water partition coefficient (Wildman–Crippen LogP) is 3.66. The summed E-state index contributed by atoms with van der Waals surface area (Å²) in [5, 5.41) is 0.0895. The lowest BCUT2D eigenvalue weighted by atomic mass is 10.1. The Morgan fingerprint density at radius 1 is 1.05 bits per heavy atom. The lowest BCUT2D eigenvalue weighted by Gasteiger charge is -2.13. The van der Waals surface area contributed by atoms with Crippen LogP contribution in [0.4, 0.5) is 0 Å². The summed E-state index contributed by atoms with van der Waals surface area (Å²) in [6, 6.07) is 0.433. The van der Waals surface area contributed by atoms with Crippen LogP contribution in [-0.2, 0) is 0 Å². The molecule has 0 radical (unpaired) electrons. The molecule has 1 aromatic rings. The molecule has 0 aliphatic rings. The van der Waals surface area contributed by atoms with E-state index in [1.54, 1.807) is 0 Å². The number of rotatable bonds is 9. The fourth-order valence-electron chi connectivity index (χ4n) is 1.66. The van der Waals surface area contributed by atoms with E-state index in [9.17, 15) is 0 Å². The molecular formula is C13H22ClN3O2. The molecular weight excluding hydrogens is 266 g/mol. The van der Waals surface area contributed by atoms with Crippen LogP contribution in [0.15, 0.2) is 0 Å². The zero-order valence-corrected chi connectivity index (χ0v) is 12.6. The highest BCUT2D eigenvalue weighted by molar-refractivity contribution is 6.28. The molecule has 0 N–H and O–H groups in total. The summed E-state index contributed by atoms with van der Waals surface area (Å²) in [6.07, 6.45) is 5.91. The first-order valence-electron chi connectivity index (χ1n) is 6.86. The molecule has 0 spiro atoms. The molecule has 1 aromatic heterocycles. The first-order chi connectivity index (χ1) is 9.15. The fraction of sp³-hybridized carbons (Fsp3) is 0.769. The zero-order chi connectivity index (χ0) is 14.1. The minimum Gasteiger partial charge on any atom is -0.464 e. The van der Waals surface area contributed by atoms with Crippen molar-refractivity contribution >= 4 is 11.6 Å². The molecule has 1 rings (SSSR count). The van der Waals surface area contributed by atoms with E-state index in [4.69, 9.17) is 21.1 Å². The summed E-state index contributed by atoms with van der Waals surface area (Å²) in [4.78, 5) is 11.9. The Morgan fingerprint density at radius 3 is 2.47 bits per heavy atom. The predicted molar refractivity (Wildman–Crippen MR) is 74.9 cm³/mol. The summed E-state index contributed by atoms with van der Waals surface area (Å²) in [6.45, 7) is 6.53. The van der Waals surface area contributed by atoms with Crippen LogP contribution in [-0.4, -0.2) is 27.7 Å². The van der Waals surface area contributed by atoms with E-state index in [0.717, 1.165) is 12.8 Å². The summed E-state index contributed by atoms with van der Waals surface area (Å²) in [5.41, 5.74) is 0. The molecule has 1 unspecified atom stereocenters. The van der Waals surface area contributed by atoms with Crippen molar-refractivity contribution < 1.29 is 9.47 Å². The molecule has 19 heavy (non-hydrogen) atoms. The highest BCUT2D eigenvalue weighted by Gasteiger charge is 2.10. The second-order valence-electron chi connectivity index (χ2n) is 4.38. The van der Waals surface area contributed by atoms with Crippen LogP contribution in [0.2, 0.25) is 5.28 Å². The maximum atomic E-state index is 5.79.